The number of hydrogen-bond donors (Lipinski definition) is 3. The molecule has 0 aromatic heterocycles. The van der Waals surface area contributed by atoms with Gasteiger partial charge in [0.15, 0.2) is 0 Å². The van der Waals surface area contributed by atoms with Gasteiger partial charge in [0.1, 0.15) is 11.8 Å². The summed E-state index contributed by atoms with van der Waals surface area (Å²) in [6.07, 6.45) is 0.514. The summed E-state index contributed by atoms with van der Waals surface area (Å²) in [6, 6.07) is 5.93. The Hall–Kier alpha value is -1.69. The number of carbonyl (C=O) groups excluding carboxylic acids is 2. The van der Waals surface area contributed by atoms with Gasteiger partial charge in [0.05, 0.1) is 5.56 Å². The van der Waals surface area contributed by atoms with E-state index in [2.05, 4.69) is 5.32 Å². The van der Waals surface area contributed by atoms with Gasteiger partial charge in [-0.3, -0.25) is 9.36 Å². The summed E-state index contributed by atoms with van der Waals surface area (Å²) >= 11 is 0. The maximum absolute atomic E-state index is 12.1. The van der Waals surface area contributed by atoms with E-state index in [9.17, 15) is 14.2 Å². The smallest absolute Gasteiger partial charge is 0.338 e. The number of carbonyl (C=O) groups is 2. The molecule has 0 radical (unpaired) electrons. The van der Waals surface area contributed by atoms with E-state index in [4.69, 9.17) is 14.5 Å². The lowest BCUT2D eigenvalue weighted by Crippen LogP contribution is -2.30. The minimum Gasteiger partial charge on any atom is -0.456 e. The molecule has 0 bridgehead atoms. The Labute approximate surface area is 135 Å². The fourth-order valence-corrected chi connectivity index (χ4v) is 2.21. The molecule has 0 atom stereocenters. The first-order valence-electron chi connectivity index (χ1n) is 7.26. The topological polar surface area (TPSA) is 113 Å². The van der Waals surface area contributed by atoms with E-state index in [1.54, 1.807) is 0 Å². The van der Waals surface area contributed by atoms with Crippen LogP contribution >= 0.6 is 7.60 Å². The van der Waals surface area contributed by atoms with Gasteiger partial charge >= 0.3 is 13.6 Å². The lowest BCUT2D eigenvalue weighted by molar-refractivity contribution is -0.114. The van der Waals surface area contributed by atoms with E-state index < -0.39 is 31.2 Å². The summed E-state index contributed by atoms with van der Waals surface area (Å²) in [5, 5.41) is 2.35. The first-order valence-corrected chi connectivity index (χ1v) is 9.06. The van der Waals surface area contributed by atoms with Crippen molar-refractivity contribution < 1.29 is 28.7 Å². The molecule has 3 N–H and O–H groups in total. The van der Waals surface area contributed by atoms with Gasteiger partial charge in [-0.2, -0.15) is 0 Å². The molecule has 1 amide bonds. The Morgan fingerprint density at radius 3 is 2.13 bits per heavy atom. The normalized spacial score (nSPS) is 11.9. The largest absolute Gasteiger partial charge is 0.456 e. The van der Waals surface area contributed by atoms with Crippen LogP contribution in [0.3, 0.4) is 0 Å². The van der Waals surface area contributed by atoms with Crippen molar-refractivity contribution >= 4 is 25.2 Å². The van der Waals surface area contributed by atoms with Crippen molar-refractivity contribution in [2.24, 2.45) is 0 Å². The molecule has 0 saturated carbocycles. The minimum atomic E-state index is -4.40. The number of esters is 1. The molecular weight excluding hydrogens is 321 g/mol. The predicted molar refractivity (Wildman–Crippen MR) is 86.4 cm³/mol. The molecular formula is C15H22NO6P. The maximum atomic E-state index is 12.1. The third-order valence-electron chi connectivity index (χ3n) is 3.59. The second-order valence-corrected chi connectivity index (χ2v) is 7.14. The van der Waals surface area contributed by atoms with Gasteiger partial charge < -0.3 is 19.8 Å². The van der Waals surface area contributed by atoms with Crippen molar-refractivity contribution in [3.05, 3.63) is 29.8 Å². The van der Waals surface area contributed by atoms with Gasteiger partial charge in [-0.05, 0) is 44.0 Å². The van der Waals surface area contributed by atoms with E-state index in [1.807, 2.05) is 20.8 Å². The first kappa shape index (κ1) is 19.4. The molecule has 0 aliphatic carbocycles. The highest BCUT2D eigenvalue weighted by atomic mass is 31.2. The van der Waals surface area contributed by atoms with Gasteiger partial charge in [-0.25, -0.2) is 4.79 Å². The van der Waals surface area contributed by atoms with Crippen LogP contribution in [0, 0.1) is 0 Å². The summed E-state index contributed by atoms with van der Waals surface area (Å²) in [6.45, 7) is 5.74. The van der Waals surface area contributed by atoms with Gasteiger partial charge in [-0.1, -0.05) is 13.8 Å². The van der Waals surface area contributed by atoms with Crippen molar-refractivity contribution in [3.63, 3.8) is 0 Å². The molecule has 0 saturated heterocycles. The van der Waals surface area contributed by atoms with Crippen LogP contribution in [-0.4, -0.2) is 33.4 Å². The molecule has 0 unspecified atom stereocenters. The van der Waals surface area contributed by atoms with Crippen LogP contribution in [0.4, 0.5) is 5.69 Å². The van der Waals surface area contributed by atoms with Crippen molar-refractivity contribution in [2.45, 2.75) is 39.2 Å². The average molecular weight is 343 g/mol. The lowest BCUT2D eigenvalue weighted by Gasteiger charge is -2.26. The van der Waals surface area contributed by atoms with Crippen LogP contribution in [0.2, 0.25) is 0 Å². The molecule has 0 aliphatic heterocycles. The molecule has 0 spiro atoms. The Morgan fingerprint density at radius 1 is 1.17 bits per heavy atom. The summed E-state index contributed by atoms with van der Waals surface area (Å²) in [5.41, 5.74) is 0.160. The Morgan fingerprint density at radius 2 is 1.70 bits per heavy atom. The molecule has 1 aromatic carbocycles. The Bertz CT molecular complexity index is 603. The second-order valence-electron chi connectivity index (χ2n) is 5.49. The van der Waals surface area contributed by atoms with E-state index in [-0.39, 0.29) is 0 Å². The molecule has 1 rings (SSSR count). The number of amides is 1. The third kappa shape index (κ3) is 6.52. The van der Waals surface area contributed by atoms with Crippen molar-refractivity contribution in [2.75, 3.05) is 11.5 Å². The van der Waals surface area contributed by atoms with E-state index in [1.165, 1.54) is 24.3 Å². The summed E-state index contributed by atoms with van der Waals surface area (Å²) in [5.74, 6) is -1.25. The Kier molecular flexibility index (Phi) is 6.50. The lowest BCUT2D eigenvalue weighted by atomic mass is 10.00. The zero-order chi connectivity index (χ0) is 17.7. The number of hydrogen-bond acceptors (Lipinski definition) is 4. The van der Waals surface area contributed by atoms with E-state index in [0.717, 1.165) is 0 Å². The highest BCUT2D eigenvalue weighted by molar-refractivity contribution is 7.52. The van der Waals surface area contributed by atoms with Crippen molar-refractivity contribution in [1.29, 1.82) is 0 Å². The molecule has 8 heteroatoms. The van der Waals surface area contributed by atoms with E-state index >= 15 is 0 Å². The molecule has 0 fully saturated rings. The first-order chi connectivity index (χ1) is 10.6. The van der Waals surface area contributed by atoms with Gasteiger partial charge in [0.25, 0.3) is 0 Å². The maximum Gasteiger partial charge on any atom is 0.338 e. The van der Waals surface area contributed by atoms with Gasteiger partial charge in [-0.15, -0.1) is 0 Å². The van der Waals surface area contributed by atoms with Crippen molar-refractivity contribution in [1.82, 2.24) is 0 Å². The number of ether oxygens (including phenoxy) is 1. The van der Waals surface area contributed by atoms with Crippen LogP contribution in [0.1, 0.15) is 44.0 Å². The van der Waals surface area contributed by atoms with Crippen molar-refractivity contribution in [3.8, 4) is 0 Å². The van der Waals surface area contributed by atoms with Crippen LogP contribution in [0.5, 0.6) is 0 Å². The van der Waals surface area contributed by atoms with Crippen LogP contribution in [-0.2, 0) is 14.1 Å². The Balaban J connectivity index is 2.71. The monoisotopic (exact) mass is 343 g/mol. The van der Waals surface area contributed by atoms with Crippen LogP contribution < -0.4 is 5.32 Å². The third-order valence-corrected chi connectivity index (χ3v) is 4.29. The molecule has 0 heterocycles. The number of anilines is 1. The molecule has 128 valence electrons. The predicted octanol–water partition coefficient (Wildman–Crippen LogP) is 2.54. The highest BCUT2D eigenvalue weighted by Crippen LogP contribution is 2.33. The number of nitrogens with one attached hydrogen (secondary N) is 1. The fourth-order valence-electron chi connectivity index (χ4n) is 1.75. The van der Waals surface area contributed by atoms with E-state index in [0.29, 0.717) is 24.1 Å². The standard InChI is InChI=1S/C15H22NO6P/c1-4-15(3,5-2)22-14(18)11-6-8-12(9-7-11)16-13(17)10-23(19,20)21/h6-9H,4-5,10H2,1-3H3,(H,16,17)(H2,19,20,21). The summed E-state index contributed by atoms with van der Waals surface area (Å²) in [7, 11) is -4.40. The summed E-state index contributed by atoms with van der Waals surface area (Å²) < 4.78 is 16.2. The zero-order valence-electron chi connectivity index (χ0n) is 13.4. The molecule has 0 aliphatic rings. The average Bonchev–Trinajstić information content (AvgIpc) is 2.45. The quantitative estimate of drug-likeness (QED) is 0.518. The summed E-state index contributed by atoms with van der Waals surface area (Å²) in [4.78, 5) is 41.0. The highest BCUT2D eigenvalue weighted by Gasteiger charge is 2.25. The SMILES string of the molecule is CCC(C)(CC)OC(=O)c1ccc(NC(=O)CP(=O)(O)O)cc1. The van der Waals surface area contributed by atoms with Gasteiger partial charge in [0.2, 0.25) is 5.91 Å². The van der Waals surface area contributed by atoms with Crippen LogP contribution in [0.15, 0.2) is 24.3 Å². The van der Waals surface area contributed by atoms with Crippen LogP contribution in [0.25, 0.3) is 0 Å². The molecule has 23 heavy (non-hydrogen) atoms. The molecule has 1 aromatic rings. The number of benzene rings is 1. The fraction of sp³-hybridized carbons (Fsp3) is 0.467. The molecule has 7 nitrogen and oxygen atoms in total. The number of rotatable bonds is 7. The van der Waals surface area contributed by atoms with Gasteiger partial charge in [0, 0.05) is 5.69 Å². The minimum absolute atomic E-state index is 0.339. The zero-order valence-corrected chi connectivity index (χ0v) is 14.3. The second kappa shape index (κ2) is 7.73.